The molecule has 1 aliphatic carbocycles. The number of aryl methyl sites for hydroxylation is 1. The van der Waals surface area contributed by atoms with E-state index in [0.29, 0.717) is 11.8 Å². The highest BCUT2D eigenvalue weighted by atomic mass is 16.5. The molecule has 2 N–H and O–H groups in total. The summed E-state index contributed by atoms with van der Waals surface area (Å²) in [5, 5.41) is 0. The standard InChI is InChI=1S/C13H20N2O/c1-10-5-6-15-13(7-10)16-9-12-4-2-3-11(12)8-14/h5-7,11-12H,2-4,8-9,14H2,1H3. The first-order chi connectivity index (χ1) is 7.79. The number of rotatable bonds is 4. The van der Waals surface area contributed by atoms with E-state index in [2.05, 4.69) is 4.98 Å². The fourth-order valence-corrected chi connectivity index (χ4v) is 2.42. The zero-order valence-electron chi connectivity index (χ0n) is 9.86. The summed E-state index contributed by atoms with van der Waals surface area (Å²) in [5.74, 6) is 2.00. The van der Waals surface area contributed by atoms with E-state index in [1.165, 1.54) is 24.8 Å². The van der Waals surface area contributed by atoms with Crippen molar-refractivity contribution >= 4 is 0 Å². The molecule has 0 amide bonds. The van der Waals surface area contributed by atoms with E-state index in [0.717, 1.165) is 19.0 Å². The Morgan fingerprint density at radius 2 is 2.25 bits per heavy atom. The van der Waals surface area contributed by atoms with Crippen molar-refractivity contribution < 1.29 is 4.74 Å². The average molecular weight is 220 g/mol. The summed E-state index contributed by atoms with van der Waals surface area (Å²) >= 11 is 0. The molecular weight excluding hydrogens is 200 g/mol. The highest BCUT2D eigenvalue weighted by molar-refractivity contribution is 5.18. The quantitative estimate of drug-likeness (QED) is 0.845. The summed E-state index contributed by atoms with van der Waals surface area (Å²) < 4.78 is 5.74. The topological polar surface area (TPSA) is 48.1 Å². The van der Waals surface area contributed by atoms with E-state index >= 15 is 0 Å². The highest BCUT2D eigenvalue weighted by Crippen LogP contribution is 2.31. The van der Waals surface area contributed by atoms with Crippen LogP contribution in [0.5, 0.6) is 5.88 Å². The van der Waals surface area contributed by atoms with Crippen LogP contribution in [0.1, 0.15) is 24.8 Å². The van der Waals surface area contributed by atoms with Crippen LogP contribution in [0.2, 0.25) is 0 Å². The van der Waals surface area contributed by atoms with Gasteiger partial charge in [-0.1, -0.05) is 6.42 Å². The van der Waals surface area contributed by atoms with Gasteiger partial charge in [0.25, 0.3) is 0 Å². The summed E-state index contributed by atoms with van der Waals surface area (Å²) in [7, 11) is 0. The van der Waals surface area contributed by atoms with E-state index in [-0.39, 0.29) is 0 Å². The molecule has 2 atom stereocenters. The van der Waals surface area contributed by atoms with E-state index in [9.17, 15) is 0 Å². The fraction of sp³-hybridized carbons (Fsp3) is 0.615. The number of hydrogen-bond donors (Lipinski definition) is 1. The molecule has 2 rings (SSSR count). The Bertz CT molecular complexity index is 340. The van der Waals surface area contributed by atoms with Gasteiger partial charge >= 0.3 is 0 Å². The van der Waals surface area contributed by atoms with Crippen LogP contribution in [0.3, 0.4) is 0 Å². The van der Waals surface area contributed by atoms with Crippen LogP contribution in [-0.4, -0.2) is 18.1 Å². The SMILES string of the molecule is Cc1ccnc(OCC2CCCC2CN)c1. The molecule has 1 saturated carbocycles. The van der Waals surface area contributed by atoms with Crippen molar-refractivity contribution in [2.24, 2.45) is 17.6 Å². The first kappa shape index (κ1) is 11.4. The molecule has 88 valence electrons. The summed E-state index contributed by atoms with van der Waals surface area (Å²) in [6.45, 7) is 3.60. The molecule has 3 heteroatoms. The van der Waals surface area contributed by atoms with Crippen LogP contribution < -0.4 is 10.5 Å². The number of nitrogens with zero attached hydrogens (tertiary/aromatic N) is 1. The van der Waals surface area contributed by atoms with Crippen LogP contribution in [0.4, 0.5) is 0 Å². The Kier molecular flexibility index (Phi) is 3.78. The zero-order chi connectivity index (χ0) is 11.4. The van der Waals surface area contributed by atoms with Crippen LogP contribution in [-0.2, 0) is 0 Å². The third kappa shape index (κ3) is 2.73. The molecule has 0 aromatic carbocycles. The van der Waals surface area contributed by atoms with Gasteiger partial charge in [0.05, 0.1) is 6.61 Å². The third-order valence-corrected chi connectivity index (χ3v) is 3.45. The van der Waals surface area contributed by atoms with Crippen molar-refractivity contribution in [2.45, 2.75) is 26.2 Å². The van der Waals surface area contributed by atoms with Gasteiger partial charge < -0.3 is 10.5 Å². The minimum atomic E-state index is 0.618. The smallest absolute Gasteiger partial charge is 0.213 e. The number of hydrogen-bond acceptors (Lipinski definition) is 3. The first-order valence-corrected chi connectivity index (χ1v) is 6.05. The van der Waals surface area contributed by atoms with Crippen LogP contribution in [0, 0.1) is 18.8 Å². The van der Waals surface area contributed by atoms with Crippen molar-refractivity contribution in [3.05, 3.63) is 23.9 Å². The lowest BCUT2D eigenvalue weighted by Crippen LogP contribution is -2.23. The maximum atomic E-state index is 5.75. The second-order valence-corrected chi connectivity index (χ2v) is 4.67. The lowest BCUT2D eigenvalue weighted by atomic mass is 9.97. The third-order valence-electron chi connectivity index (χ3n) is 3.45. The first-order valence-electron chi connectivity index (χ1n) is 6.05. The number of nitrogens with two attached hydrogens (primary N) is 1. The highest BCUT2D eigenvalue weighted by Gasteiger charge is 2.26. The van der Waals surface area contributed by atoms with E-state index in [4.69, 9.17) is 10.5 Å². The Morgan fingerprint density at radius 1 is 1.44 bits per heavy atom. The normalized spacial score (nSPS) is 24.6. The molecule has 1 aliphatic rings. The summed E-state index contributed by atoms with van der Waals surface area (Å²) in [6.07, 6.45) is 5.58. The van der Waals surface area contributed by atoms with Crippen LogP contribution in [0.25, 0.3) is 0 Å². The lowest BCUT2D eigenvalue weighted by Gasteiger charge is -2.17. The summed E-state index contributed by atoms with van der Waals surface area (Å²) in [5.41, 5.74) is 6.93. The minimum Gasteiger partial charge on any atom is -0.477 e. The molecule has 0 bridgehead atoms. The largest absolute Gasteiger partial charge is 0.477 e. The van der Waals surface area contributed by atoms with Crippen LogP contribution in [0.15, 0.2) is 18.3 Å². The summed E-state index contributed by atoms with van der Waals surface area (Å²) in [6, 6.07) is 3.96. The predicted octanol–water partition coefficient (Wildman–Crippen LogP) is 2.14. The van der Waals surface area contributed by atoms with Gasteiger partial charge in [0.2, 0.25) is 5.88 Å². The Hall–Kier alpha value is -1.09. The van der Waals surface area contributed by atoms with Gasteiger partial charge in [-0.2, -0.15) is 0 Å². The van der Waals surface area contributed by atoms with Gasteiger partial charge in [-0.3, -0.25) is 0 Å². The molecule has 3 nitrogen and oxygen atoms in total. The molecule has 2 unspecified atom stereocenters. The molecule has 1 heterocycles. The Labute approximate surface area is 97.0 Å². The van der Waals surface area contributed by atoms with Gasteiger partial charge in [-0.05, 0) is 49.8 Å². The molecule has 0 spiro atoms. The van der Waals surface area contributed by atoms with Crippen molar-refractivity contribution in [1.82, 2.24) is 4.98 Å². The van der Waals surface area contributed by atoms with Gasteiger partial charge in [0.15, 0.2) is 0 Å². The number of aromatic nitrogens is 1. The van der Waals surface area contributed by atoms with Gasteiger partial charge in [0.1, 0.15) is 0 Å². The second kappa shape index (κ2) is 5.30. The Balaban J connectivity index is 1.87. The van der Waals surface area contributed by atoms with E-state index < -0.39 is 0 Å². The maximum absolute atomic E-state index is 5.75. The number of ether oxygens (including phenoxy) is 1. The molecule has 1 fully saturated rings. The minimum absolute atomic E-state index is 0.618. The van der Waals surface area contributed by atoms with Gasteiger partial charge in [-0.25, -0.2) is 4.98 Å². The van der Waals surface area contributed by atoms with Crippen molar-refractivity contribution in [1.29, 1.82) is 0 Å². The zero-order valence-corrected chi connectivity index (χ0v) is 9.86. The summed E-state index contributed by atoms with van der Waals surface area (Å²) in [4.78, 5) is 4.20. The molecule has 0 aliphatic heterocycles. The molecular formula is C13H20N2O. The fourth-order valence-electron chi connectivity index (χ4n) is 2.42. The lowest BCUT2D eigenvalue weighted by molar-refractivity contribution is 0.210. The number of pyridine rings is 1. The molecule has 0 radical (unpaired) electrons. The van der Waals surface area contributed by atoms with Crippen LogP contribution >= 0.6 is 0 Å². The maximum Gasteiger partial charge on any atom is 0.213 e. The van der Waals surface area contributed by atoms with Crippen molar-refractivity contribution in [2.75, 3.05) is 13.2 Å². The molecule has 1 aromatic heterocycles. The van der Waals surface area contributed by atoms with Gasteiger partial charge in [-0.15, -0.1) is 0 Å². The Morgan fingerprint density at radius 3 is 3.00 bits per heavy atom. The van der Waals surface area contributed by atoms with Crippen molar-refractivity contribution in [3.8, 4) is 5.88 Å². The second-order valence-electron chi connectivity index (χ2n) is 4.67. The van der Waals surface area contributed by atoms with E-state index in [1.807, 2.05) is 19.1 Å². The monoisotopic (exact) mass is 220 g/mol. The predicted molar refractivity (Wildman–Crippen MR) is 64.4 cm³/mol. The van der Waals surface area contributed by atoms with Gasteiger partial charge in [0, 0.05) is 12.3 Å². The van der Waals surface area contributed by atoms with Crippen molar-refractivity contribution in [3.63, 3.8) is 0 Å². The van der Waals surface area contributed by atoms with E-state index in [1.54, 1.807) is 6.20 Å². The molecule has 16 heavy (non-hydrogen) atoms. The average Bonchev–Trinajstić information content (AvgIpc) is 2.74. The molecule has 1 aromatic rings. The molecule has 0 saturated heterocycles.